The highest BCUT2D eigenvalue weighted by Gasteiger charge is 2.37. The zero-order valence-corrected chi connectivity index (χ0v) is 29.0. The number of hydrogen-bond donors (Lipinski definition) is 1. The van der Waals surface area contributed by atoms with Crippen molar-refractivity contribution >= 4 is 29.3 Å². The van der Waals surface area contributed by atoms with Gasteiger partial charge in [0.25, 0.3) is 11.4 Å². The maximum atomic E-state index is 12.3. The Kier molecular flexibility index (Phi) is 15.1. The van der Waals surface area contributed by atoms with E-state index < -0.39 is 46.1 Å². The Morgan fingerprint density at radius 3 is 1.46 bits per heavy atom. The van der Waals surface area contributed by atoms with Gasteiger partial charge >= 0.3 is 17.9 Å². The molecular formula is C34H38N4O14. The lowest BCUT2D eigenvalue weighted by Crippen LogP contribution is -2.30. The predicted octanol–water partition coefficient (Wildman–Crippen LogP) is 4.13. The molecule has 0 spiro atoms. The fraction of sp³-hybridized carbons (Fsp3) is 0.324. The molecule has 0 saturated carbocycles. The lowest BCUT2D eigenvalue weighted by Gasteiger charge is -2.30. The molecule has 1 N–H and O–H groups in total. The van der Waals surface area contributed by atoms with Crippen LogP contribution < -0.4 is 0 Å². The van der Waals surface area contributed by atoms with Crippen molar-refractivity contribution in [3.8, 4) is 0 Å². The third kappa shape index (κ3) is 10.1. The second-order valence-electron chi connectivity index (χ2n) is 10.8. The highest BCUT2D eigenvalue weighted by Crippen LogP contribution is 2.41. The van der Waals surface area contributed by atoms with E-state index in [-0.39, 0.29) is 35.7 Å². The van der Waals surface area contributed by atoms with Gasteiger partial charge in [-0.3, -0.25) is 25.0 Å². The lowest BCUT2D eigenvalue weighted by atomic mass is 9.83. The number of para-hydroxylation sites is 2. The Bertz CT molecular complexity index is 1770. The first-order valence-electron chi connectivity index (χ1n) is 15.4. The van der Waals surface area contributed by atoms with Crippen LogP contribution in [-0.2, 0) is 43.4 Å². The lowest BCUT2D eigenvalue weighted by molar-refractivity contribution is -0.385. The molecule has 0 amide bonds. The van der Waals surface area contributed by atoms with Crippen molar-refractivity contribution in [2.75, 3.05) is 54.7 Å². The molecule has 0 bridgehead atoms. The van der Waals surface area contributed by atoms with Crippen LogP contribution in [-0.4, -0.2) is 97.4 Å². The Morgan fingerprint density at radius 1 is 0.692 bits per heavy atom. The molecule has 18 nitrogen and oxygen atoms in total. The number of carbonyl (C=O) groups excluding carboxylic acids is 2. The fourth-order valence-corrected chi connectivity index (χ4v) is 5.59. The monoisotopic (exact) mass is 726 g/mol. The number of carboxylic acids is 1. The van der Waals surface area contributed by atoms with Crippen molar-refractivity contribution in [1.29, 1.82) is 0 Å². The number of nitro benzene ring substituents is 2. The van der Waals surface area contributed by atoms with Crippen molar-refractivity contribution in [1.82, 2.24) is 9.80 Å². The molecular weight excluding hydrogens is 688 g/mol. The van der Waals surface area contributed by atoms with Gasteiger partial charge in [-0.15, -0.1) is 0 Å². The summed E-state index contributed by atoms with van der Waals surface area (Å²) in [4.78, 5) is 79.9. The van der Waals surface area contributed by atoms with Crippen LogP contribution in [0, 0.1) is 20.2 Å². The molecule has 2 aromatic carbocycles. The third-order valence-electron chi connectivity index (χ3n) is 7.74. The SMILES string of the molecule is CCN1C=C(COOC)C(c2ccccc2[N+](=O)[O-])C(C(=O)OC)=C1.COOCC1=CN(CC(=O)O)C=C(C(=O)OC)C1c1ccccc1[N+](=O)[O-]. The molecule has 52 heavy (non-hydrogen) atoms. The van der Waals surface area contributed by atoms with E-state index in [0.717, 1.165) is 0 Å². The Hall–Kier alpha value is -5.95. The Morgan fingerprint density at radius 2 is 1.10 bits per heavy atom. The molecule has 4 rings (SSSR count). The number of hydrogen-bond acceptors (Lipinski definition) is 15. The minimum atomic E-state index is -1.12. The molecule has 2 aliphatic rings. The van der Waals surface area contributed by atoms with Gasteiger partial charge in [-0.05, 0) is 18.1 Å². The van der Waals surface area contributed by atoms with Crippen molar-refractivity contribution in [3.63, 3.8) is 0 Å². The summed E-state index contributed by atoms with van der Waals surface area (Å²) in [7, 11) is 5.11. The van der Waals surface area contributed by atoms with E-state index >= 15 is 0 Å². The Balaban J connectivity index is 0.000000281. The van der Waals surface area contributed by atoms with Crippen molar-refractivity contribution in [2.45, 2.75) is 18.8 Å². The highest BCUT2D eigenvalue weighted by molar-refractivity contribution is 5.92. The normalized spacial score (nSPS) is 16.6. The average molecular weight is 727 g/mol. The van der Waals surface area contributed by atoms with Crippen molar-refractivity contribution in [3.05, 3.63) is 127 Å². The van der Waals surface area contributed by atoms with E-state index in [0.29, 0.717) is 28.8 Å². The van der Waals surface area contributed by atoms with Gasteiger partial charge in [0.05, 0.1) is 49.4 Å². The summed E-state index contributed by atoms with van der Waals surface area (Å²) in [6, 6.07) is 12.3. The molecule has 2 unspecified atom stereocenters. The number of benzene rings is 2. The van der Waals surface area contributed by atoms with Crippen LogP contribution in [0.1, 0.15) is 29.9 Å². The minimum absolute atomic E-state index is 0.0465. The molecule has 18 heteroatoms. The molecule has 0 aromatic heterocycles. The first-order valence-corrected chi connectivity index (χ1v) is 15.4. The number of carboxylic acid groups (broad SMARTS) is 1. The zero-order valence-electron chi connectivity index (χ0n) is 29.0. The van der Waals surface area contributed by atoms with Gasteiger partial charge in [0.15, 0.2) is 0 Å². The van der Waals surface area contributed by atoms with Crippen LogP contribution >= 0.6 is 0 Å². The van der Waals surface area contributed by atoms with Gasteiger partial charge in [-0.2, -0.15) is 0 Å². The predicted molar refractivity (Wildman–Crippen MR) is 181 cm³/mol. The van der Waals surface area contributed by atoms with E-state index in [1.54, 1.807) is 41.6 Å². The number of ether oxygens (including phenoxy) is 2. The number of nitro groups is 2. The standard InChI is InChI=1S/C17H18N2O8.C17H20N2O6/c1-25-17(22)13-8-18(9-15(20)21)7-11(10-27-26-2)16(13)12-5-3-4-6-14(12)19(23)24;1-4-18-9-12(11-25-24-3)16(14(10-18)17(20)23-2)13-7-5-6-8-15(13)19(21)22/h3-8,16H,9-10H2,1-2H3,(H,20,21);5-10,16H,4,11H2,1-3H3. The smallest absolute Gasteiger partial charge is 0.336 e. The van der Waals surface area contributed by atoms with Gasteiger partial charge in [0, 0.05) is 66.4 Å². The summed E-state index contributed by atoms with van der Waals surface area (Å²) in [5, 5.41) is 31.9. The second kappa shape index (κ2) is 19.4. The quantitative estimate of drug-likeness (QED) is 0.118. The molecule has 0 aliphatic carbocycles. The summed E-state index contributed by atoms with van der Waals surface area (Å²) < 4.78 is 9.68. The summed E-state index contributed by atoms with van der Waals surface area (Å²) in [6.07, 6.45) is 6.20. The van der Waals surface area contributed by atoms with Gasteiger partial charge < -0.3 is 24.4 Å². The molecule has 2 heterocycles. The van der Waals surface area contributed by atoms with Crippen molar-refractivity contribution < 1.29 is 58.4 Å². The van der Waals surface area contributed by atoms with Crippen LogP contribution in [0.15, 0.2) is 95.6 Å². The van der Waals surface area contributed by atoms with Gasteiger partial charge in [-0.25, -0.2) is 29.1 Å². The summed E-state index contributed by atoms with van der Waals surface area (Å²) in [5.74, 6) is -3.93. The van der Waals surface area contributed by atoms with Crippen LogP contribution in [0.5, 0.6) is 0 Å². The van der Waals surface area contributed by atoms with Gasteiger partial charge in [0.1, 0.15) is 19.8 Å². The molecule has 278 valence electrons. The molecule has 2 aliphatic heterocycles. The molecule has 2 atom stereocenters. The summed E-state index contributed by atoms with van der Waals surface area (Å²) in [5.41, 5.74) is 1.78. The van der Waals surface area contributed by atoms with E-state index in [4.69, 9.17) is 24.4 Å². The number of aliphatic carboxylic acids is 1. The molecule has 0 saturated heterocycles. The Labute approximate surface area is 297 Å². The number of esters is 2. The first kappa shape index (κ1) is 40.5. The first-order chi connectivity index (χ1) is 24.9. The third-order valence-corrected chi connectivity index (χ3v) is 7.74. The maximum Gasteiger partial charge on any atom is 0.336 e. The fourth-order valence-electron chi connectivity index (χ4n) is 5.59. The van der Waals surface area contributed by atoms with Crippen molar-refractivity contribution in [2.24, 2.45) is 0 Å². The summed E-state index contributed by atoms with van der Waals surface area (Å²) in [6.45, 7) is 2.03. The van der Waals surface area contributed by atoms with E-state index in [1.807, 2.05) is 6.92 Å². The topological polar surface area (TPSA) is 220 Å². The number of methoxy groups -OCH3 is 2. The van der Waals surface area contributed by atoms with E-state index in [9.17, 15) is 34.6 Å². The van der Waals surface area contributed by atoms with Crippen LogP contribution in [0.3, 0.4) is 0 Å². The van der Waals surface area contributed by atoms with Gasteiger partial charge in [-0.1, -0.05) is 36.4 Å². The highest BCUT2D eigenvalue weighted by atomic mass is 17.2. The van der Waals surface area contributed by atoms with Gasteiger partial charge in [0.2, 0.25) is 0 Å². The zero-order chi connectivity index (χ0) is 38.4. The van der Waals surface area contributed by atoms with Crippen LogP contribution in [0.2, 0.25) is 0 Å². The number of carbonyl (C=O) groups is 3. The molecule has 2 aromatic rings. The maximum absolute atomic E-state index is 12.3. The van der Waals surface area contributed by atoms with Crippen LogP contribution in [0.4, 0.5) is 11.4 Å². The molecule has 0 fully saturated rings. The minimum Gasteiger partial charge on any atom is -0.480 e. The number of nitrogens with zero attached hydrogens (tertiary/aromatic N) is 4. The van der Waals surface area contributed by atoms with E-state index in [1.165, 1.54) is 70.0 Å². The van der Waals surface area contributed by atoms with Crippen LogP contribution in [0.25, 0.3) is 0 Å². The number of rotatable bonds is 15. The average Bonchev–Trinajstić information content (AvgIpc) is 3.14. The molecule has 0 radical (unpaired) electrons. The van der Waals surface area contributed by atoms with E-state index in [2.05, 4.69) is 9.78 Å². The largest absolute Gasteiger partial charge is 0.480 e. The second-order valence-corrected chi connectivity index (χ2v) is 10.8. The summed E-state index contributed by atoms with van der Waals surface area (Å²) >= 11 is 0.